The summed E-state index contributed by atoms with van der Waals surface area (Å²) in [7, 11) is -1.02. The zero-order valence-corrected chi connectivity index (χ0v) is 12.9. The molecule has 114 valence electrons. The zero-order chi connectivity index (χ0) is 14.9. The summed E-state index contributed by atoms with van der Waals surface area (Å²) in [6.07, 6.45) is 3.06. The quantitative estimate of drug-likeness (QED) is 0.829. The third-order valence-electron chi connectivity index (χ3n) is 4.06. The minimum absolute atomic E-state index is 0.0104. The van der Waals surface area contributed by atoms with Crippen molar-refractivity contribution in [1.29, 1.82) is 0 Å². The number of hydrogen-bond acceptors (Lipinski definition) is 4. The molecule has 1 spiro atoms. The molecule has 2 saturated heterocycles. The maximum atomic E-state index is 12.5. The first-order chi connectivity index (χ1) is 10.1. The van der Waals surface area contributed by atoms with Gasteiger partial charge in [0, 0.05) is 53.4 Å². The smallest absolute Gasteiger partial charge is 0.253 e. The van der Waals surface area contributed by atoms with E-state index in [0.717, 1.165) is 17.7 Å². The van der Waals surface area contributed by atoms with Crippen LogP contribution in [0.15, 0.2) is 29.2 Å². The molecule has 0 unspecified atom stereocenters. The van der Waals surface area contributed by atoms with E-state index in [1.54, 1.807) is 30.5 Å². The summed E-state index contributed by atoms with van der Waals surface area (Å²) < 4.78 is 22.7. The van der Waals surface area contributed by atoms with Crippen molar-refractivity contribution in [3.8, 4) is 0 Å². The number of benzene rings is 1. The number of likely N-dealkylation sites (tertiary alicyclic amines) is 1. The standard InChI is InChI=1S/C15H19NO4S/c1-21(18)13-4-2-12(3-5-13)14(17)16-8-6-15(7-9-16)19-10-11-20-15/h2-5H,6-11H2,1H3/t21-/m1/s1. The molecule has 0 saturated carbocycles. The van der Waals surface area contributed by atoms with Crippen molar-refractivity contribution in [3.05, 3.63) is 29.8 Å². The van der Waals surface area contributed by atoms with Crippen LogP contribution in [-0.4, -0.2) is 53.4 Å². The molecule has 0 N–H and O–H groups in total. The predicted octanol–water partition coefficient (Wildman–Crippen LogP) is 1.40. The number of ether oxygens (including phenoxy) is 2. The van der Waals surface area contributed by atoms with Crippen LogP contribution in [0.2, 0.25) is 0 Å². The Bertz CT molecular complexity index is 541. The van der Waals surface area contributed by atoms with Crippen molar-refractivity contribution >= 4 is 16.7 Å². The third kappa shape index (κ3) is 3.02. The molecule has 5 nitrogen and oxygen atoms in total. The number of piperidine rings is 1. The maximum absolute atomic E-state index is 12.5. The summed E-state index contributed by atoms with van der Waals surface area (Å²) in [5.74, 6) is -0.448. The summed E-state index contributed by atoms with van der Waals surface area (Å²) in [6, 6.07) is 6.98. The first-order valence-corrected chi connectivity index (χ1v) is 8.66. The van der Waals surface area contributed by atoms with Crippen LogP contribution in [-0.2, 0) is 20.3 Å². The molecule has 0 aliphatic carbocycles. The van der Waals surface area contributed by atoms with Crippen molar-refractivity contribution in [2.45, 2.75) is 23.5 Å². The first kappa shape index (κ1) is 14.7. The van der Waals surface area contributed by atoms with E-state index in [9.17, 15) is 9.00 Å². The lowest BCUT2D eigenvalue weighted by Crippen LogP contribution is -2.47. The number of carbonyl (C=O) groups excluding carboxylic acids is 1. The Labute approximate surface area is 126 Å². The topological polar surface area (TPSA) is 55.8 Å². The van der Waals surface area contributed by atoms with E-state index < -0.39 is 16.6 Å². The van der Waals surface area contributed by atoms with E-state index in [2.05, 4.69) is 0 Å². The molecule has 0 bridgehead atoms. The summed E-state index contributed by atoms with van der Waals surface area (Å²) in [4.78, 5) is 15.0. The van der Waals surface area contributed by atoms with E-state index in [1.165, 1.54) is 0 Å². The van der Waals surface area contributed by atoms with Gasteiger partial charge in [0.25, 0.3) is 5.91 Å². The van der Waals surface area contributed by atoms with Gasteiger partial charge in [-0.2, -0.15) is 0 Å². The minimum Gasteiger partial charge on any atom is -0.347 e. The summed E-state index contributed by atoms with van der Waals surface area (Å²) >= 11 is 0. The molecule has 0 radical (unpaired) electrons. The molecule has 2 aliphatic heterocycles. The van der Waals surface area contributed by atoms with Crippen LogP contribution in [0.5, 0.6) is 0 Å². The molecule has 2 fully saturated rings. The molecule has 0 aromatic heterocycles. The fourth-order valence-electron chi connectivity index (χ4n) is 2.81. The van der Waals surface area contributed by atoms with Gasteiger partial charge in [-0.1, -0.05) is 0 Å². The average Bonchev–Trinajstić information content (AvgIpc) is 2.96. The fraction of sp³-hybridized carbons (Fsp3) is 0.533. The molecule has 2 heterocycles. The van der Waals surface area contributed by atoms with Crippen LogP contribution in [0.3, 0.4) is 0 Å². The van der Waals surface area contributed by atoms with Gasteiger partial charge in [0.15, 0.2) is 5.79 Å². The van der Waals surface area contributed by atoms with Gasteiger partial charge in [-0.3, -0.25) is 9.00 Å². The summed E-state index contributed by atoms with van der Waals surface area (Å²) in [5, 5.41) is 0. The van der Waals surface area contributed by atoms with Crippen LogP contribution >= 0.6 is 0 Å². The lowest BCUT2D eigenvalue weighted by molar-refractivity contribution is -0.181. The highest BCUT2D eigenvalue weighted by Crippen LogP contribution is 2.31. The number of carbonyl (C=O) groups is 1. The number of amides is 1. The van der Waals surface area contributed by atoms with Gasteiger partial charge < -0.3 is 14.4 Å². The van der Waals surface area contributed by atoms with Crippen LogP contribution in [0.1, 0.15) is 23.2 Å². The second-order valence-electron chi connectivity index (χ2n) is 5.38. The fourth-order valence-corrected chi connectivity index (χ4v) is 3.33. The zero-order valence-electron chi connectivity index (χ0n) is 12.0. The second kappa shape index (κ2) is 5.87. The van der Waals surface area contributed by atoms with Crippen molar-refractivity contribution < 1.29 is 18.5 Å². The van der Waals surface area contributed by atoms with Crippen molar-refractivity contribution in [2.24, 2.45) is 0 Å². The summed E-state index contributed by atoms with van der Waals surface area (Å²) in [6.45, 7) is 2.56. The lowest BCUT2D eigenvalue weighted by atomic mass is 10.0. The van der Waals surface area contributed by atoms with E-state index in [-0.39, 0.29) is 5.91 Å². The van der Waals surface area contributed by atoms with Crippen molar-refractivity contribution in [1.82, 2.24) is 4.90 Å². The predicted molar refractivity (Wildman–Crippen MR) is 78.5 cm³/mol. The summed E-state index contributed by atoms with van der Waals surface area (Å²) in [5.41, 5.74) is 0.633. The largest absolute Gasteiger partial charge is 0.347 e. The highest BCUT2D eigenvalue weighted by molar-refractivity contribution is 7.84. The highest BCUT2D eigenvalue weighted by Gasteiger charge is 2.40. The van der Waals surface area contributed by atoms with E-state index in [1.807, 2.05) is 4.90 Å². The average molecular weight is 309 g/mol. The van der Waals surface area contributed by atoms with Crippen LogP contribution < -0.4 is 0 Å². The van der Waals surface area contributed by atoms with Gasteiger partial charge in [-0.25, -0.2) is 0 Å². The number of rotatable bonds is 2. The Morgan fingerprint density at radius 3 is 2.24 bits per heavy atom. The minimum atomic E-state index is -1.02. The normalized spacial score (nSPS) is 22.4. The second-order valence-corrected chi connectivity index (χ2v) is 6.76. The Morgan fingerprint density at radius 1 is 1.14 bits per heavy atom. The molecule has 3 rings (SSSR count). The molecular weight excluding hydrogens is 290 g/mol. The van der Waals surface area contributed by atoms with Gasteiger partial charge in [-0.15, -0.1) is 0 Å². The van der Waals surface area contributed by atoms with Gasteiger partial charge in [0.2, 0.25) is 0 Å². The van der Waals surface area contributed by atoms with Crippen LogP contribution in [0.25, 0.3) is 0 Å². The molecule has 1 aromatic rings. The van der Waals surface area contributed by atoms with Gasteiger partial charge in [0.1, 0.15) is 0 Å². The van der Waals surface area contributed by atoms with Gasteiger partial charge >= 0.3 is 0 Å². The Hall–Kier alpha value is -1.24. The lowest BCUT2D eigenvalue weighted by Gasteiger charge is -2.37. The molecule has 1 amide bonds. The van der Waals surface area contributed by atoms with Crippen LogP contribution in [0.4, 0.5) is 0 Å². The Kier molecular flexibility index (Phi) is 4.10. The van der Waals surface area contributed by atoms with E-state index in [0.29, 0.717) is 31.9 Å². The monoisotopic (exact) mass is 309 g/mol. The Balaban J connectivity index is 1.64. The Morgan fingerprint density at radius 2 is 1.71 bits per heavy atom. The van der Waals surface area contributed by atoms with Gasteiger partial charge in [-0.05, 0) is 24.3 Å². The van der Waals surface area contributed by atoms with E-state index in [4.69, 9.17) is 9.47 Å². The number of nitrogens with zero attached hydrogens (tertiary/aromatic N) is 1. The first-order valence-electron chi connectivity index (χ1n) is 7.10. The molecule has 1 aromatic carbocycles. The van der Waals surface area contributed by atoms with Gasteiger partial charge in [0.05, 0.1) is 13.2 Å². The van der Waals surface area contributed by atoms with Crippen molar-refractivity contribution in [2.75, 3.05) is 32.6 Å². The van der Waals surface area contributed by atoms with Crippen molar-refractivity contribution in [3.63, 3.8) is 0 Å². The maximum Gasteiger partial charge on any atom is 0.253 e. The highest BCUT2D eigenvalue weighted by atomic mass is 32.2. The van der Waals surface area contributed by atoms with Crippen LogP contribution in [0, 0.1) is 0 Å². The molecule has 21 heavy (non-hydrogen) atoms. The SMILES string of the molecule is C[S@@](=O)c1ccc(C(=O)N2CCC3(CC2)OCCO3)cc1. The molecule has 1 atom stereocenters. The molecule has 2 aliphatic rings. The molecule has 6 heteroatoms. The molecular formula is C15H19NO4S. The third-order valence-corrected chi connectivity index (χ3v) is 5.00. The van der Waals surface area contributed by atoms with E-state index >= 15 is 0 Å². The number of hydrogen-bond donors (Lipinski definition) is 0.